The van der Waals surface area contributed by atoms with Crippen LogP contribution in [0.2, 0.25) is 0 Å². The Kier molecular flexibility index (Phi) is 7.49. The maximum absolute atomic E-state index is 6.63. The molecule has 3 heterocycles. The SMILES string of the molecule is C1=CCC(N2C3C=CC(N(C4=Cc5c(oc6ccccc56)CC4)c4cccc5oc6c(c45)CCCC6)CC3C3C=C(C4=CCCC=C4)CCC32)C=C1. The van der Waals surface area contributed by atoms with Crippen LogP contribution in [0.25, 0.3) is 28.0 Å². The van der Waals surface area contributed by atoms with Crippen LogP contribution in [0.4, 0.5) is 5.69 Å². The van der Waals surface area contributed by atoms with Crippen LogP contribution in [-0.4, -0.2) is 29.1 Å². The van der Waals surface area contributed by atoms with Crippen molar-refractivity contribution in [2.75, 3.05) is 4.90 Å². The molecule has 6 unspecified atom stereocenters. The van der Waals surface area contributed by atoms with Crippen molar-refractivity contribution in [3.63, 3.8) is 0 Å². The smallest absolute Gasteiger partial charge is 0.136 e. The second kappa shape index (κ2) is 12.6. The summed E-state index contributed by atoms with van der Waals surface area (Å²) < 4.78 is 13.1. The fourth-order valence-electron chi connectivity index (χ4n) is 11.2. The van der Waals surface area contributed by atoms with E-state index in [4.69, 9.17) is 8.83 Å². The van der Waals surface area contributed by atoms with Gasteiger partial charge in [-0.3, -0.25) is 4.90 Å². The molecule has 7 aliphatic rings. The van der Waals surface area contributed by atoms with Gasteiger partial charge in [-0.25, -0.2) is 0 Å². The van der Waals surface area contributed by atoms with Crippen molar-refractivity contribution >= 4 is 33.7 Å². The lowest BCUT2D eigenvalue weighted by molar-refractivity contribution is 0.153. The van der Waals surface area contributed by atoms with Gasteiger partial charge in [0.25, 0.3) is 0 Å². The molecule has 0 spiro atoms. The lowest BCUT2D eigenvalue weighted by Gasteiger charge is -2.42. The molecule has 0 saturated carbocycles. The second-order valence-corrected chi connectivity index (χ2v) is 16.2. The van der Waals surface area contributed by atoms with Crippen LogP contribution in [0.1, 0.15) is 80.4 Å². The number of rotatable bonds is 5. The Morgan fingerprint density at radius 3 is 2.63 bits per heavy atom. The molecule has 262 valence electrons. The molecule has 2 aromatic carbocycles. The summed E-state index contributed by atoms with van der Waals surface area (Å²) in [7, 11) is 0. The first-order chi connectivity index (χ1) is 25.8. The van der Waals surface area contributed by atoms with Gasteiger partial charge >= 0.3 is 0 Å². The zero-order valence-corrected chi connectivity index (χ0v) is 30.1. The summed E-state index contributed by atoms with van der Waals surface area (Å²) in [4.78, 5) is 5.69. The molecule has 4 heteroatoms. The average Bonchev–Trinajstić information content (AvgIpc) is 3.88. The third-order valence-corrected chi connectivity index (χ3v) is 13.4. The molecule has 2 aromatic heterocycles. The number of likely N-dealkylation sites (tertiary alicyclic amines) is 1. The van der Waals surface area contributed by atoms with E-state index in [-0.39, 0.29) is 6.04 Å². The molecule has 0 radical (unpaired) electrons. The van der Waals surface area contributed by atoms with Crippen molar-refractivity contribution < 1.29 is 8.83 Å². The number of fused-ring (bicyclic) bond motifs is 9. The van der Waals surface area contributed by atoms with Crippen molar-refractivity contribution in [3.05, 3.63) is 143 Å². The summed E-state index contributed by atoms with van der Waals surface area (Å²) in [5.41, 5.74) is 10.5. The van der Waals surface area contributed by atoms with Gasteiger partial charge in [0.05, 0.1) is 11.7 Å². The minimum atomic E-state index is 0.252. The predicted octanol–water partition coefficient (Wildman–Crippen LogP) is 11.3. The Morgan fingerprint density at radius 2 is 1.71 bits per heavy atom. The topological polar surface area (TPSA) is 32.8 Å². The maximum Gasteiger partial charge on any atom is 0.136 e. The molecular formula is C48H48N2O2. The maximum atomic E-state index is 6.63. The summed E-state index contributed by atoms with van der Waals surface area (Å²) in [5, 5.41) is 2.57. The molecule has 52 heavy (non-hydrogen) atoms. The third-order valence-electron chi connectivity index (χ3n) is 13.4. The zero-order valence-electron chi connectivity index (χ0n) is 30.1. The first-order valence-electron chi connectivity index (χ1n) is 20.2. The molecule has 11 rings (SSSR count). The van der Waals surface area contributed by atoms with Crippen LogP contribution in [-0.2, 0) is 19.3 Å². The number of allylic oxidation sites excluding steroid dienone is 8. The van der Waals surface area contributed by atoms with E-state index in [1.165, 1.54) is 83.1 Å². The highest BCUT2D eigenvalue weighted by molar-refractivity contribution is 5.97. The van der Waals surface area contributed by atoms with E-state index >= 15 is 0 Å². The second-order valence-electron chi connectivity index (χ2n) is 16.2. The van der Waals surface area contributed by atoms with E-state index in [1.807, 2.05) is 0 Å². The highest BCUT2D eigenvalue weighted by Crippen LogP contribution is 2.51. The van der Waals surface area contributed by atoms with Crippen LogP contribution in [0.5, 0.6) is 0 Å². The van der Waals surface area contributed by atoms with Crippen LogP contribution in [0, 0.1) is 11.8 Å². The van der Waals surface area contributed by atoms with Gasteiger partial charge in [-0.15, -0.1) is 0 Å². The Balaban J connectivity index is 1.05. The third kappa shape index (κ3) is 4.97. The van der Waals surface area contributed by atoms with Crippen LogP contribution < -0.4 is 4.90 Å². The molecule has 1 aliphatic heterocycles. The first kappa shape index (κ1) is 31.0. The monoisotopic (exact) mass is 684 g/mol. The normalized spacial score (nSPS) is 29.3. The molecular weight excluding hydrogens is 637 g/mol. The van der Waals surface area contributed by atoms with E-state index in [9.17, 15) is 0 Å². The quantitative estimate of drug-likeness (QED) is 0.196. The van der Waals surface area contributed by atoms with Crippen molar-refractivity contribution in [2.24, 2.45) is 11.8 Å². The molecule has 4 nitrogen and oxygen atoms in total. The standard InChI is InChI=1S/C48H48N2O2/c1-3-12-31(13-4-1)32-22-25-41-38(28-32)39-29-34(23-26-42(39)50(41)33-14-5-2-6-15-33)49(35-24-27-46-40(30-35)36-16-7-9-19-44(36)51-46)43-18-11-21-47-48(43)37-17-8-10-20-45(37)52-47/h2-3,5-7,9,11-14,16,18-19,21,23,26,28,30,33-34,38-39,41-42H,1,4,8,10,15,17,20,22,24-25,27,29H2. The Labute approximate surface area is 307 Å². The fraction of sp³-hybridized carbons (Fsp3) is 0.375. The summed E-state index contributed by atoms with van der Waals surface area (Å²) in [5.74, 6) is 3.43. The van der Waals surface area contributed by atoms with Gasteiger partial charge in [0.2, 0.25) is 0 Å². The number of para-hydroxylation sites is 1. The minimum absolute atomic E-state index is 0.252. The zero-order chi connectivity index (χ0) is 34.2. The predicted molar refractivity (Wildman–Crippen MR) is 212 cm³/mol. The van der Waals surface area contributed by atoms with Crippen molar-refractivity contribution in [2.45, 2.75) is 101 Å². The van der Waals surface area contributed by atoms with E-state index < -0.39 is 0 Å². The highest BCUT2D eigenvalue weighted by atomic mass is 16.3. The van der Waals surface area contributed by atoms with Gasteiger partial charge in [0.1, 0.15) is 22.7 Å². The van der Waals surface area contributed by atoms with E-state index in [1.54, 1.807) is 5.57 Å². The first-order valence-corrected chi connectivity index (χ1v) is 20.2. The summed E-state index contributed by atoms with van der Waals surface area (Å²) in [6.07, 6.45) is 40.6. The fourth-order valence-corrected chi connectivity index (χ4v) is 11.2. The van der Waals surface area contributed by atoms with Crippen molar-refractivity contribution in [3.8, 4) is 0 Å². The number of aryl methyl sites for hydroxylation is 3. The number of anilines is 1. The minimum Gasteiger partial charge on any atom is -0.461 e. The molecule has 1 saturated heterocycles. The number of benzene rings is 2. The molecule has 0 N–H and O–H groups in total. The van der Waals surface area contributed by atoms with Gasteiger partial charge in [-0.2, -0.15) is 0 Å². The van der Waals surface area contributed by atoms with Gasteiger partial charge in [0, 0.05) is 58.6 Å². The van der Waals surface area contributed by atoms with Gasteiger partial charge < -0.3 is 13.7 Å². The molecule has 0 amide bonds. The van der Waals surface area contributed by atoms with E-state index in [2.05, 4.69) is 119 Å². The number of hydrogen-bond acceptors (Lipinski definition) is 4. The molecule has 6 atom stereocenters. The van der Waals surface area contributed by atoms with Crippen LogP contribution in [0.15, 0.2) is 129 Å². The molecule has 4 aromatic rings. The lowest BCUT2D eigenvalue weighted by Crippen LogP contribution is -2.46. The van der Waals surface area contributed by atoms with Gasteiger partial charge in [-0.05, 0) is 111 Å². The van der Waals surface area contributed by atoms with Crippen molar-refractivity contribution in [1.82, 2.24) is 4.90 Å². The van der Waals surface area contributed by atoms with Gasteiger partial charge in [-0.1, -0.05) is 85.0 Å². The average molecular weight is 685 g/mol. The highest BCUT2D eigenvalue weighted by Gasteiger charge is 2.52. The molecule has 0 bridgehead atoms. The summed E-state index contributed by atoms with van der Waals surface area (Å²) >= 11 is 0. The number of nitrogens with zero attached hydrogens (tertiary/aromatic N) is 2. The molecule has 6 aliphatic carbocycles. The Bertz CT molecular complexity index is 2280. The van der Waals surface area contributed by atoms with Crippen molar-refractivity contribution in [1.29, 1.82) is 0 Å². The Morgan fingerprint density at radius 1 is 0.788 bits per heavy atom. The van der Waals surface area contributed by atoms with E-state index in [0.29, 0.717) is 30.0 Å². The van der Waals surface area contributed by atoms with Crippen LogP contribution >= 0.6 is 0 Å². The largest absolute Gasteiger partial charge is 0.461 e. The number of furan rings is 2. The van der Waals surface area contributed by atoms with E-state index in [0.717, 1.165) is 55.5 Å². The molecule has 1 fully saturated rings. The van der Waals surface area contributed by atoms with Gasteiger partial charge in [0.15, 0.2) is 0 Å². The summed E-state index contributed by atoms with van der Waals surface area (Å²) in [6, 6.07) is 17.1. The lowest BCUT2D eigenvalue weighted by atomic mass is 9.74. The number of hydrogen-bond donors (Lipinski definition) is 0. The Hall–Kier alpha value is -4.54. The van der Waals surface area contributed by atoms with Crippen LogP contribution in [0.3, 0.4) is 0 Å². The summed E-state index contributed by atoms with van der Waals surface area (Å²) in [6.45, 7) is 0.